The zero-order valence-corrected chi connectivity index (χ0v) is 21.1. The number of hydrogen-bond acceptors (Lipinski definition) is 7. The smallest absolute Gasteiger partial charge is 0.159 e. The molecule has 0 aromatic heterocycles. The first-order valence-corrected chi connectivity index (χ1v) is 13.0. The SMILES string of the molecule is C[C@@](O)(CO)CC[C@@H](O)[C@](C)(O)[C@H]1CC[C@@]2(O)C3=CC(=O)[C@@H]4C[C@@H](O)CC[C@]4(C)[C@H]3CC[C@]12C. The second-order valence-electron chi connectivity index (χ2n) is 12.9. The van der Waals surface area contributed by atoms with Crippen LogP contribution in [-0.2, 0) is 4.79 Å². The molecule has 194 valence electrons. The van der Waals surface area contributed by atoms with Crippen LogP contribution in [0.15, 0.2) is 11.6 Å². The van der Waals surface area contributed by atoms with E-state index in [1.165, 1.54) is 6.92 Å². The van der Waals surface area contributed by atoms with E-state index in [0.29, 0.717) is 32.1 Å². The first-order valence-electron chi connectivity index (χ1n) is 13.0. The predicted molar refractivity (Wildman–Crippen MR) is 127 cm³/mol. The summed E-state index contributed by atoms with van der Waals surface area (Å²) in [4.78, 5) is 13.2. The van der Waals surface area contributed by atoms with Gasteiger partial charge in [0.1, 0.15) is 0 Å². The third kappa shape index (κ3) is 3.73. The molecule has 0 saturated heterocycles. The van der Waals surface area contributed by atoms with E-state index in [1.54, 1.807) is 13.0 Å². The van der Waals surface area contributed by atoms with Crippen LogP contribution in [-0.4, -0.2) is 72.0 Å². The van der Waals surface area contributed by atoms with E-state index in [-0.39, 0.29) is 35.9 Å². The van der Waals surface area contributed by atoms with Crippen molar-refractivity contribution in [2.75, 3.05) is 6.61 Å². The molecule has 3 saturated carbocycles. The van der Waals surface area contributed by atoms with Gasteiger partial charge in [0, 0.05) is 11.3 Å². The van der Waals surface area contributed by atoms with E-state index < -0.39 is 47.0 Å². The van der Waals surface area contributed by atoms with Crippen LogP contribution in [0.3, 0.4) is 0 Å². The van der Waals surface area contributed by atoms with Crippen molar-refractivity contribution in [2.24, 2.45) is 28.6 Å². The van der Waals surface area contributed by atoms with Gasteiger partial charge in [0.05, 0.1) is 35.6 Å². The molecule has 0 spiro atoms. The van der Waals surface area contributed by atoms with Crippen molar-refractivity contribution in [2.45, 2.75) is 114 Å². The van der Waals surface area contributed by atoms with E-state index in [0.717, 1.165) is 18.4 Å². The fraction of sp³-hybridized carbons (Fsp3) is 0.889. The average Bonchev–Trinajstić information content (AvgIpc) is 3.05. The van der Waals surface area contributed by atoms with Gasteiger partial charge in [0.25, 0.3) is 0 Å². The van der Waals surface area contributed by atoms with E-state index in [1.807, 2.05) is 6.92 Å². The normalized spacial score (nSPS) is 46.4. The lowest BCUT2D eigenvalue weighted by Crippen LogP contribution is -2.62. The summed E-state index contributed by atoms with van der Waals surface area (Å²) in [6.45, 7) is 6.80. The second-order valence-corrected chi connectivity index (χ2v) is 12.9. The van der Waals surface area contributed by atoms with E-state index in [2.05, 4.69) is 6.92 Å². The van der Waals surface area contributed by atoms with Gasteiger partial charge in [-0.25, -0.2) is 0 Å². The molecule has 0 heterocycles. The Bertz CT molecular complexity index is 850. The molecule has 3 fully saturated rings. The molecular formula is C27H44O7. The Morgan fingerprint density at radius 2 is 1.76 bits per heavy atom. The molecule has 0 bridgehead atoms. The molecule has 0 radical (unpaired) electrons. The number of aliphatic hydroxyl groups is 6. The van der Waals surface area contributed by atoms with Crippen LogP contribution in [0.4, 0.5) is 0 Å². The van der Waals surface area contributed by atoms with Crippen molar-refractivity contribution in [3.63, 3.8) is 0 Å². The van der Waals surface area contributed by atoms with Gasteiger partial charge in [-0.05, 0) is 101 Å². The highest BCUT2D eigenvalue weighted by Gasteiger charge is 2.68. The first-order chi connectivity index (χ1) is 15.6. The van der Waals surface area contributed by atoms with E-state index in [9.17, 15) is 35.4 Å². The summed E-state index contributed by atoms with van der Waals surface area (Å²) >= 11 is 0. The monoisotopic (exact) mass is 480 g/mol. The lowest BCUT2D eigenvalue weighted by atomic mass is 9.46. The number of ketones is 1. The van der Waals surface area contributed by atoms with Gasteiger partial charge in [-0.15, -0.1) is 0 Å². The Labute approximate surface area is 202 Å². The summed E-state index contributed by atoms with van der Waals surface area (Å²) < 4.78 is 0. The topological polar surface area (TPSA) is 138 Å². The van der Waals surface area contributed by atoms with Crippen LogP contribution >= 0.6 is 0 Å². The third-order valence-electron chi connectivity index (χ3n) is 10.7. The van der Waals surface area contributed by atoms with Crippen LogP contribution in [0.5, 0.6) is 0 Å². The Morgan fingerprint density at radius 1 is 1.09 bits per heavy atom. The Morgan fingerprint density at radius 3 is 2.41 bits per heavy atom. The minimum atomic E-state index is -1.50. The van der Waals surface area contributed by atoms with Crippen LogP contribution in [0, 0.1) is 28.6 Å². The number of hydrogen-bond donors (Lipinski definition) is 6. The van der Waals surface area contributed by atoms with E-state index in [4.69, 9.17) is 0 Å². The highest BCUT2D eigenvalue weighted by Crippen LogP contribution is 2.68. The van der Waals surface area contributed by atoms with Crippen molar-refractivity contribution in [1.82, 2.24) is 0 Å². The predicted octanol–water partition coefficient (Wildman–Crippen LogP) is 1.86. The molecule has 7 nitrogen and oxygen atoms in total. The average molecular weight is 481 g/mol. The van der Waals surface area contributed by atoms with Crippen molar-refractivity contribution < 1.29 is 35.4 Å². The molecular weight excluding hydrogens is 436 g/mol. The third-order valence-corrected chi connectivity index (χ3v) is 10.7. The Balaban J connectivity index is 1.63. The van der Waals surface area contributed by atoms with Gasteiger partial charge >= 0.3 is 0 Å². The van der Waals surface area contributed by atoms with Gasteiger partial charge < -0.3 is 30.6 Å². The maximum absolute atomic E-state index is 13.2. The zero-order chi connectivity index (χ0) is 25.3. The Kier molecular flexibility index (Phi) is 6.45. The van der Waals surface area contributed by atoms with Crippen molar-refractivity contribution in [1.29, 1.82) is 0 Å². The Hall–Kier alpha value is -0.830. The van der Waals surface area contributed by atoms with Crippen LogP contribution in [0.25, 0.3) is 0 Å². The van der Waals surface area contributed by atoms with Crippen LogP contribution < -0.4 is 0 Å². The summed E-state index contributed by atoms with van der Waals surface area (Å²) in [5.74, 6) is -0.560. The lowest BCUT2D eigenvalue weighted by Gasteiger charge is -2.60. The summed E-state index contributed by atoms with van der Waals surface area (Å²) in [6, 6.07) is 0. The number of allylic oxidation sites excluding steroid dienone is 1. The van der Waals surface area contributed by atoms with Crippen molar-refractivity contribution in [3.8, 4) is 0 Å². The number of carbonyl (C=O) groups is 1. The molecule has 10 atom stereocenters. The van der Waals surface area contributed by atoms with Gasteiger partial charge in [-0.1, -0.05) is 13.8 Å². The highest BCUT2D eigenvalue weighted by atomic mass is 16.3. The molecule has 0 aromatic rings. The minimum Gasteiger partial charge on any atom is -0.393 e. The van der Waals surface area contributed by atoms with Crippen molar-refractivity contribution >= 4 is 5.78 Å². The van der Waals surface area contributed by atoms with Crippen LogP contribution in [0.1, 0.15) is 85.5 Å². The van der Waals surface area contributed by atoms with Crippen LogP contribution in [0.2, 0.25) is 0 Å². The van der Waals surface area contributed by atoms with Gasteiger partial charge in [0.2, 0.25) is 0 Å². The fourth-order valence-electron chi connectivity index (χ4n) is 8.30. The number of rotatable bonds is 6. The highest BCUT2D eigenvalue weighted by molar-refractivity contribution is 5.95. The van der Waals surface area contributed by atoms with Gasteiger partial charge in [-0.3, -0.25) is 4.79 Å². The zero-order valence-electron chi connectivity index (χ0n) is 21.1. The summed E-state index contributed by atoms with van der Waals surface area (Å²) in [6.07, 6.45) is 4.64. The number of fused-ring (bicyclic) bond motifs is 5. The molecule has 6 N–H and O–H groups in total. The van der Waals surface area contributed by atoms with Crippen molar-refractivity contribution in [3.05, 3.63) is 11.6 Å². The molecule has 0 aromatic carbocycles. The molecule has 4 aliphatic rings. The van der Waals surface area contributed by atoms with E-state index >= 15 is 0 Å². The molecule has 7 heteroatoms. The fourth-order valence-corrected chi connectivity index (χ4v) is 8.30. The summed E-state index contributed by atoms with van der Waals surface area (Å²) in [5, 5.41) is 64.4. The quantitative estimate of drug-likeness (QED) is 0.341. The van der Waals surface area contributed by atoms with Gasteiger partial charge in [-0.2, -0.15) is 0 Å². The molecule has 4 aliphatic carbocycles. The molecule has 4 rings (SSSR count). The largest absolute Gasteiger partial charge is 0.393 e. The molecule has 0 unspecified atom stereocenters. The first kappa shape index (κ1) is 26.2. The molecule has 34 heavy (non-hydrogen) atoms. The second kappa shape index (κ2) is 8.35. The lowest BCUT2D eigenvalue weighted by molar-refractivity contribution is -0.173. The maximum atomic E-state index is 13.2. The standard InChI is InChI=1S/C27H44O7/c1-23(32,15-28)9-8-22(31)26(4,33)21-7-12-27(34)18-14-20(30)19-13-16(29)5-10-24(19,2)17(18)6-11-25(21,27)3/h14,16-17,19,21-22,28-29,31-34H,5-13,15H2,1-4H3/t16-,17-,19-,21-,22+,23-,24+,25+,26+,27+/m0/s1. The molecule has 0 amide bonds. The molecule has 0 aliphatic heterocycles. The summed E-state index contributed by atoms with van der Waals surface area (Å²) in [7, 11) is 0. The summed E-state index contributed by atoms with van der Waals surface area (Å²) in [5.41, 5.74) is -4.27. The van der Waals surface area contributed by atoms with Gasteiger partial charge in [0.15, 0.2) is 5.78 Å². The number of aliphatic hydroxyl groups excluding tert-OH is 3. The minimum absolute atomic E-state index is 0.00773. The number of carbonyl (C=O) groups excluding carboxylic acids is 1. The maximum Gasteiger partial charge on any atom is 0.159 e.